The van der Waals surface area contributed by atoms with Crippen molar-refractivity contribution in [3.63, 3.8) is 0 Å². The molecule has 2 unspecified atom stereocenters. The van der Waals surface area contributed by atoms with Crippen LogP contribution in [0.2, 0.25) is 0 Å². The highest BCUT2D eigenvalue weighted by molar-refractivity contribution is 5.08. The van der Waals surface area contributed by atoms with Gasteiger partial charge in [-0.25, -0.2) is 0 Å². The molecule has 0 radical (unpaired) electrons. The van der Waals surface area contributed by atoms with Crippen LogP contribution in [0.25, 0.3) is 0 Å². The molecule has 0 aromatic carbocycles. The van der Waals surface area contributed by atoms with Crippen molar-refractivity contribution in [3.05, 3.63) is 0 Å². The molecule has 0 saturated carbocycles. The highest BCUT2D eigenvalue weighted by Gasteiger charge is 2.42. The van der Waals surface area contributed by atoms with Crippen molar-refractivity contribution >= 4 is 0 Å². The molecule has 68 valence electrons. The summed E-state index contributed by atoms with van der Waals surface area (Å²) in [5, 5.41) is 17.4. The Morgan fingerprint density at radius 2 is 2.58 bits per heavy atom. The van der Waals surface area contributed by atoms with E-state index >= 15 is 0 Å². The van der Waals surface area contributed by atoms with Crippen LogP contribution in [0.4, 0.5) is 0 Å². The van der Waals surface area contributed by atoms with Gasteiger partial charge in [-0.05, 0) is 6.92 Å². The van der Waals surface area contributed by atoms with E-state index in [-0.39, 0.29) is 19.3 Å². The van der Waals surface area contributed by atoms with Gasteiger partial charge < -0.3 is 14.6 Å². The molecule has 0 bridgehead atoms. The topological polar surface area (TPSA) is 62.5 Å². The largest absolute Gasteiger partial charge is 0.394 e. The number of hydrogen-bond donors (Lipinski definition) is 1. The lowest BCUT2D eigenvalue weighted by Crippen LogP contribution is -2.38. The molecule has 0 spiro atoms. The van der Waals surface area contributed by atoms with Gasteiger partial charge in [0.05, 0.1) is 25.9 Å². The molecule has 1 aliphatic heterocycles. The number of aliphatic hydroxyl groups is 1. The van der Waals surface area contributed by atoms with Crippen LogP contribution in [0, 0.1) is 11.3 Å². The molecule has 1 N–H and O–H groups in total. The van der Waals surface area contributed by atoms with Crippen LogP contribution in [0.1, 0.15) is 13.3 Å². The first-order valence-electron chi connectivity index (χ1n) is 4.03. The molecule has 4 nitrogen and oxygen atoms in total. The molecule has 2 atom stereocenters. The fraction of sp³-hybridized carbons (Fsp3) is 0.875. The molecule has 1 saturated heterocycles. The minimum absolute atomic E-state index is 0.0594. The summed E-state index contributed by atoms with van der Waals surface area (Å²) in [5.41, 5.74) is -0.831. The zero-order valence-electron chi connectivity index (χ0n) is 7.12. The molecular weight excluding hydrogens is 158 g/mol. The summed E-state index contributed by atoms with van der Waals surface area (Å²) in [4.78, 5) is 0. The lowest BCUT2D eigenvalue weighted by atomic mass is 9.98. The van der Waals surface area contributed by atoms with Gasteiger partial charge in [0.15, 0.2) is 5.60 Å². The highest BCUT2D eigenvalue weighted by atomic mass is 16.6. The number of ether oxygens (including phenoxy) is 2. The molecule has 0 aliphatic carbocycles. The quantitative estimate of drug-likeness (QED) is 0.652. The summed E-state index contributed by atoms with van der Waals surface area (Å²) in [6.45, 7) is 2.51. The predicted octanol–water partition coefficient (Wildman–Crippen LogP) is 0.0665. The van der Waals surface area contributed by atoms with Gasteiger partial charge in [0.2, 0.25) is 0 Å². The van der Waals surface area contributed by atoms with Gasteiger partial charge in [0.1, 0.15) is 6.07 Å². The summed E-state index contributed by atoms with van der Waals surface area (Å²) >= 11 is 0. The number of aliphatic hydroxyl groups excluding tert-OH is 1. The highest BCUT2D eigenvalue weighted by Crippen LogP contribution is 2.28. The second-order valence-corrected chi connectivity index (χ2v) is 2.84. The SMILES string of the molecule is CC1OCCC1(C#N)OCCO. The van der Waals surface area contributed by atoms with Gasteiger partial charge in [-0.1, -0.05) is 0 Å². The second-order valence-electron chi connectivity index (χ2n) is 2.84. The average molecular weight is 171 g/mol. The van der Waals surface area contributed by atoms with Crippen LogP contribution in [-0.4, -0.2) is 36.6 Å². The van der Waals surface area contributed by atoms with Crippen molar-refractivity contribution in [2.75, 3.05) is 19.8 Å². The van der Waals surface area contributed by atoms with E-state index in [1.54, 1.807) is 0 Å². The van der Waals surface area contributed by atoms with Gasteiger partial charge in [-0.3, -0.25) is 0 Å². The Hall–Kier alpha value is -0.630. The lowest BCUT2D eigenvalue weighted by molar-refractivity contribution is -0.0575. The normalized spacial score (nSPS) is 34.9. The average Bonchev–Trinajstić information content (AvgIpc) is 2.45. The molecule has 0 aromatic heterocycles. The van der Waals surface area contributed by atoms with Crippen LogP contribution in [0.5, 0.6) is 0 Å². The maximum Gasteiger partial charge on any atom is 0.182 e. The summed E-state index contributed by atoms with van der Waals surface area (Å²) in [5.74, 6) is 0. The summed E-state index contributed by atoms with van der Waals surface area (Å²) < 4.78 is 10.5. The predicted molar refractivity (Wildman–Crippen MR) is 41.4 cm³/mol. The van der Waals surface area contributed by atoms with Gasteiger partial charge in [-0.2, -0.15) is 5.26 Å². The molecule has 0 amide bonds. The zero-order valence-corrected chi connectivity index (χ0v) is 7.12. The Kier molecular flexibility index (Phi) is 3.04. The first-order chi connectivity index (χ1) is 5.75. The summed E-state index contributed by atoms with van der Waals surface area (Å²) in [7, 11) is 0. The molecule has 1 heterocycles. The van der Waals surface area contributed by atoms with Crippen molar-refractivity contribution < 1.29 is 14.6 Å². The third-order valence-electron chi connectivity index (χ3n) is 2.14. The number of rotatable bonds is 3. The first kappa shape index (κ1) is 9.46. The zero-order chi connectivity index (χ0) is 9.03. The minimum atomic E-state index is -0.831. The maximum atomic E-state index is 8.88. The Bertz CT molecular complexity index is 189. The molecule has 0 aromatic rings. The Labute approximate surface area is 71.7 Å². The maximum absolute atomic E-state index is 8.88. The third kappa shape index (κ3) is 1.58. The second kappa shape index (κ2) is 3.85. The third-order valence-corrected chi connectivity index (χ3v) is 2.14. The standard InChI is InChI=1S/C8H13NO3/c1-7-8(6-9,2-4-11-7)12-5-3-10/h7,10H,2-5H2,1H3. The van der Waals surface area contributed by atoms with E-state index in [4.69, 9.17) is 19.8 Å². The van der Waals surface area contributed by atoms with E-state index in [1.165, 1.54) is 0 Å². The molecule has 1 fully saturated rings. The van der Waals surface area contributed by atoms with Crippen LogP contribution < -0.4 is 0 Å². The number of nitrogens with zero attached hydrogens (tertiary/aromatic N) is 1. The van der Waals surface area contributed by atoms with Gasteiger partial charge in [-0.15, -0.1) is 0 Å². The Morgan fingerprint density at radius 3 is 3.00 bits per heavy atom. The van der Waals surface area contributed by atoms with Crippen LogP contribution >= 0.6 is 0 Å². The molecular formula is C8H13NO3. The lowest BCUT2D eigenvalue weighted by Gasteiger charge is -2.23. The van der Waals surface area contributed by atoms with E-state index in [0.29, 0.717) is 13.0 Å². The Balaban J connectivity index is 2.57. The summed E-state index contributed by atoms with van der Waals surface area (Å²) in [6, 6.07) is 2.10. The first-order valence-corrected chi connectivity index (χ1v) is 4.03. The molecule has 1 aliphatic rings. The van der Waals surface area contributed by atoms with E-state index in [0.717, 1.165) is 0 Å². The monoisotopic (exact) mass is 171 g/mol. The van der Waals surface area contributed by atoms with Crippen LogP contribution in [0.3, 0.4) is 0 Å². The van der Waals surface area contributed by atoms with E-state index in [1.807, 2.05) is 6.92 Å². The van der Waals surface area contributed by atoms with Crippen LogP contribution in [0.15, 0.2) is 0 Å². The fourth-order valence-electron chi connectivity index (χ4n) is 1.32. The van der Waals surface area contributed by atoms with Crippen molar-refractivity contribution in [3.8, 4) is 6.07 Å². The molecule has 12 heavy (non-hydrogen) atoms. The van der Waals surface area contributed by atoms with Crippen molar-refractivity contribution in [1.82, 2.24) is 0 Å². The van der Waals surface area contributed by atoms with Gasteiger partial charge in [0, 0.05) is 6.42 Å². The van der Waals surface area contributed by atoms with Crippen molar-refractivity contribution in [2.45, 2.75) is 25.0 Å². The van der Waals surface area contributed by atoms with E-state index in [2.05, 4.69) is 6.07 Å². The fourth-order valence-corrected chi connectivity index (χ4v) is 1.32. The molecule has 4 heteroatoms. The van der Waals surface area contributed by atoms with Crippen LogP contribution in [-0.2, 0) is 9.47 Å². The van der Waals surface area contributed by atoms with Gasteiger partial charge in [0.25, 0.3) is 0 Å². The minimum Gasteiger partial charge on any atom is -0.394 e. The smallest absolute Gasteiger partial charge is 0.182 e. The van der Waals surface area contributed by atoms with Gasteiger partial charge >= 0.3 is 0 Å². The Morgan fingerprint density at radius 1 is 1.83 bits per heavy atom. The number of nitriles is 1. The molecule has 1 rings (SSSR count). The summed E-state index contributed by atoms with van der Waals surface area (Å²) in [6.07, 6.45) is 0.388. The van der Waals surface area contributed by atoms with E-state index < -0.39 is 5.60 Å². The van der Waals surface area contributed by atoms with Crippen molar-refractivity contribution in [2.24, 2.45) is 0 Å². The van der Waals surface area contributed by atoms with E-state index in [9.17, 15) is 0 Å². The number of hydrogen-bond acceptors (Lipinski definition) is 4. The van der Waals surface area contributed by atoms with Crippen molar-refractivity contribution in [1.29, 1.82) is 5.26 Å².